The number of rotatable bonds is 8. The van der Waals surface area contributed by atoms with Crippen molar-refractivity contribution in [2.24, 2.45) is 0 Å². The molecule has 0 heterocycles. The summed E-state index contributed by atoms with van der Waals surface area (Å²) >= 11 is 5.38. The molecular formula is C9H18ClNO3. The van der Waals surface area contributed by atoms with Gasteiger partial charge in [0.2, 0.25) is 0 Å². The monoisotopic (exact) mass is 223 g/mol. The molecule has 0 aliphatic carbocycles. The molecule has 14 heavy (non-hydrogen) atoms. The Morgan fingerprint density at radius 2 is 1.57 bits per heavy atom. The number of carbonyl (C=O) groups is 1. The maximum atomic E-state index is 10.9. The molecule has 84 valence electrons. The van der Waals surface area contributed by atoms with Crippen LogP contribution in [-0.4, -0.2) is 49.8 Å². The standard InChI is InChI=1S/C9H18ClNO3/c1-3-13-7-5-11(9(10)12)6-8-14-4-2/h3-8H2,1-2H3. The van der Waals surface area contributed by atoms with E-state index in [0.29, 0.717) is 39.5 Å². The molecular weight excluding hydrogens is 206 g/mol. The molecule has 1 amide bonds. The minimum atomic E-state index is -0.454. The molecule has 0 spiro atoms. The van der Waals surface area contributed by atoms with Gasteiger partial charge in [-0.15, -0.1) is 0 Å². The lowest BCUT2D eigenvalue weighted by Gasteiger charge is -2.18. The van der Waals surface area contributed by atoms with E-state index in [1.807, 2.05) is 13.8 Å². The summed E-state index contributed by atoms with van der Waals surface area (Å²) in [6.07, 6.45) is 0. The van der Waals surface area contributed by atoms with E-state index in [-0.39, 0.29) is 0 Å². The van der Waals surface area contributed by atoms with Gasteiger partial charge < -0.3 is 14.4 Å². The molecule has 0 aliphatic rings. The maximum absolute atomic E-state index is 10.9. The molecule has 0 saturated carbocycles. The predicted octanol–water partition coefficient (Wildman–Crippen LogP) is 1.72. The SMILES string of the molecule is CCOCCN(CCOCC)C(=O)Cl. The number of hydrogen-bond acceptors (Lipinski definition) is 3. The molecule has 0 bridgehead atoms. The van der Waals surface area contributed by atoms with Crippen molar-refractivity contribution in [1.82, 2.24) is 4.90 Å². The van der Waals surface area contributed by atoms with Crippen LogP contribution in [0.3, 0.4) is 0 Å². The van der Waals surface area contributed by atoms with Gasteiger partial charge in [-0.25, -0.2) is 0 Å². The van der Waals surface area contributed by atoms with E-state index in [0.717, 1.165) is 0 Å². The van der Waals surface area contributed by atoms with Crippen molar-refractivity contribution in [2.45, 2.75) is 13.8 Å². The van der Waals surface area contributed by atoms with Crippen molar-refractivity contribution in [3.8, 4) is 0 Å². The van der Waals surface area contributed by atoms with Gasteiger partial charge in [-0.2, -0.15) is 0 Å². The van der Waals surface area contributed by atoms with Gasteiger partial charge in [0.1, 0.15) is 0 Å². The van der Waals surface area contributed by atoms with Crippen LogP contribution in [0.15, 0.2) is 0 Å². The Balaban J connectivity index is 3.61. The van der Waals surface area contributed by atoms with Gasteiger partial charge >= 0.3 is 5.37 Å². The van der Waals surface area contributed by atoms with Crippen LogP contribution in [-0.2, 0) is 9.47 Å². The normalized spacial score (nSPS) is 10.2. The number of ether oxygens (including phenoxy) is 2. The lowest BCUT2D eigenvalue weighted by atomic mass is 10.5. The van der Waals surface area contributed by atoms with E-state index >= 15 is 0 Å². The highest BCUT2D eigenvalue weighted by Crippen LogP contribution is 1.96. The molecule has 0 aromatic rings. The number of nitrogens with zero attached hydrogens (tertiary/aromatic N) is 1. The van der Waals surface area contributed by atoms with Gasteiger partial charge in [-0.05, 0) is 25.4 Å². The molecule has 0 radical (unpaired) electrons. The van der Waals surface area contributed by atoms with Crippen LogP contribution in [0.4, 0.5) is 4.79 Å². The Bertz CT molecular complexity index is 145. The van der Waals surface area contributed by atoms with Crippen LogP contribution in [0.5, 0.6) is 0 Å². The van der Waals surface area contributed by atoms with Crippen LogP contribution in [0.25, 0.3) is 0 Å². The first-order valence-electron chi connectivity index (χ1n) is 4.82. The van der Waals surface area contributed by atoms with Crippen molar-refractivity contribution < 1.29 is 14.3 Å². The molecule has 0 aromatic heterocycles. The van der Waals surface area contributed by atoms with E-state index in [4.69, 9.17) is 21.1 Å². The first-order chi connectivity index (χ1) is 6.72. The summed E-state index contributed by atoms with van der Waals surface area (Å²) in [6.45, 7) is 7.18. The Morgan fingerprint density at radius 3 is 1.86 bits per heavy atom. The minimum Gasteiger partial charge on any atom is -0.380 e. The predicted molar refractivity (Wildman–Crippen MR) is 55.8 cm³/mol. The zero-order valence-electron chi connectivity index (χ0n) is 8.79. The number of hydrogen-bond donors (Lipinski definition) is 0. The van der Waals surface area contributed by atoms with Crippen molar-refractivity contribution in [3.63, 3.8) is 0 Å². The summed E-state index contributed by atoms with van der Waals surface area (Å²) in [4.78, 5) is 12.4. The maximum Gasteiger partial charge on any atom is 0.316 e. The average molecular weight is 224 g/mol. The highest BCUT2D eigenvalue weighted by atomic mass is 35.5. The van der Waals surface area contributed by atoms with Crippen molar-refractivity contribution in [1.29, 1.82) is 0 Å². The summed E-state index contributed by atoms with van der Waals surface area (Å²) in [7, 11) is 0. The van der Waals surface area contributed by atoms with E-state index in [1.54, 1.807) is 0 Å². The van der Waals surface area contributed by atoms with Crippen LogP contribution < -0.4 is 0 Å². The van der Waals surface area contributed by atoms with Crippen LogP contribution in [0.2, 0.25) is 0 Å². The Kier molecular flexibility index (Phi) is 9.03. The van der Waals surface area contributed by atoms with Gasteiger partial charge in [0.25, 0.3) is 0 Å². The summed E-state index contributed by atoms with van der Waals surface area (Å²) < 4.78 is 10.3. The van der Waals surface area contributed by atoms with E-state index in [1.165, 1.54) is 4.90 Å². The number of halogens is 1. The molecule has 0 saturated heterocycles. The molecule has 0 N–H and O–H groups in total. The molecule has 0 rings (SSSR count). The second-order valence-corrected chi connectivity index (χ2v) is 2.96. The zero-order valence-corrected chi connectivity index (χ0v) is 9.55. The fourth-order valence-corrected chi connectivity index (χ4v) is 1.09. The molecule has 0 unspecified atom stereocenters. The third-order valence-corrected chi connectivity index (χ3v) is 1.91. The third kappa shape index (κ3) is 7.12. The van der Waals surface area contributed by atoms with Gasteiger partial charge in [-0.1, -0.05) is 0 Å². The average Bonchev–Trinajstić information content (AvgIpc) is 2.15. The topological polar surface area (TPSA) is 38.8 Å². The Labute approximate surface area is 90.1 Å². The van der Waals surface area contributed by atoms with Gasteiger partial charge in [0, 0.05) is 26.3 Å². The van der Waals surface area contributed by atoms with Crippen molar-refractivity contribution in [3.05, 3.63) is 0 Å². The number of carbonyl (C=O) groups excluding carboxylic acids is 1. The van der Waals surface area contributed by atoms with Crippen molar-refractivity contribution >= 4 is 17.0 Å². The van der Waals surface area contributed by atoms with E-state index in [9.17, 15) is 4.79 Å². The van der Waals surface area contributed by atoms with Gasteiger partial charge in [0.05, 0.1) is 13.2 Å². The summed E-state index contributed by atoms with van der Waals surface area (Å²) in [6, 6.07) is 0. The largest absolute Gasteiger partial charge is 0.380 e. The lowest BCUT2D eigenvalue weighted by molar-refractivity contribution is 0.0980. The first kappa shape index (κ1) is 13.7. The Morgan fingerprint density at radius 1 is 1.14 bits per heavy atom. The second kappa shape index (κ2) is 9.24. The van der Waals surface area contributed by atoms with E-state index < -0.39 is 5.37 Å². The molecule has 0 fully saturated rings. The molecule has 0 atom stereocenters. The highest BCUT2D eigenvalue weighted by Gasteiger charge is 2.09. The van der Waals surface area contributed by atoms with E-state index in [2.05, 4.69) is 0 Å². The fourth-order valence-electron chi connectivity index (χ4n) is 0.926. The van der Waals surface area contributed by atoms with Gasteiger partial charge in [-0.3, -0.25) is 4.79 Å². The molecule has 0 aliphatic heterocycles. The molecule has 4 nitrogen and oxygen atoms in total. The smallest absolute Gasteiger partial charge is 0.316 e. The quantitative estimate of drug-likeness (QED) is 0.357. The molecule has 5 heteroatoms. The Hall–Kier alpha value is -0.320. The summed E-state index contributed by atoms with van der Waals surface area (Å²) in [5.74, 6) is 0. The fraction of sp³-hybridized carbons (Fsp3) is 0.889. The third-order valence-electron chi connectivity index (χ3n) is 1.67. The summed E-state index contributed by atoms with van der Waals surface area (Å²) in [5, 5.41) is -0.454. The van der Waals surface area contributed by atoms with Gasteiger partial charge in [0.15, 0.2) is 0 Å². The zero-order chi connectivity index (χ0) is 10.8. The number of amides is 1. The van der Waals surface area contributed by atoms with Crippen molar-refractivity contribution in [2.75, 3.05) is 39.5 Å². The molecule has 0 aromatic carbocycles. The summed E-state index contributed by atoms with van der Waals surface area (Å²) in [5.41, 5.74) is 0. The highest BCUT2D eigenvalue weighted by molar-refractivity contribution is 6.62. The minimum absolute atomic E-state index is 0.454. The second-order valence-electron chi connectivity index (χ2n) is 2.63. The van der Waals surface area contributed by atoms with Crippen LogP contribution >= 0.6 is 11.6 Å². The van der Waals surface area contributed by atoms with Crippen LogP contribution in [0, 0.1) is 0 Å². The van der Waals surface area contributed by atoms with Crippen LogP contribution in [0.1, 0.15) is 13.8 Å². The lowest BCUT2D eigenvalue weighted by Crippen LogP contribution is -2.33. The first-order valence-corrected chi connectivity index (χ1v) is 5.20.